The lowest BCUT2D eigenvalue weighted by molar-refractivity contribution is 0.0494. The maximum Gasteiger partial charge on any atom is 0.321 e. The molecule has 110 valence electrons. The number of hydrogen-bond donors (Lipinski definition) is 2. The number of rotatable bonds is 3. The minimum absolute atomic E-state index is 0.102. The van der Waals surface area contributed by atoms with E-state index in [0.717, 1.165) is 25.7 Å². The van der Waals surface area contributed by atoms with E-state index in [1.807, 2.05) is 18.2 Å². The maximum atomic E-state index is 12.2. The van der Waals surface area contributed by atoms with Gasteiger partial charge in [-0.15, -0.1) is 0 Å². The Labute approximate surface area is 119 Å². The average molecular weight is 278 g/mol. The van der Waals surface area contributed by atoms with E-state index in [4.69, 9.17) is 4.74 Å². The normalized spacial score (nSPS) is 22.1. The van der Waals surface area contributed by atoms with Crippen LogP contribution in [-0.4, -0.2) is 42.3 Å². The summed E-state index contributed by atoms with van der Waals surface area (Å²) in [4.78, 5) is 13.8. The first-order valence-corrected chi connectivity index (χ1v) is 6.97. The number of anilines is 1. The van der Waals surface area contributed by atoms with Crippen LogP contribution < -0.4 is 10.1 Å². The van der Waals surface area contributed by atoms with Crippen molar-refractivity contribution in [3.8, 4) is 5.75 Å². The zero-order chi connectivity index (χ0) is 14.5. The highest BCUT2D eigenvalue weighted by Gasteiger charge is 2.29. The molecule has 0 saturated heterocycles. The van der Waals surface area contributed by atoms with Crippen LogP contribution in [0.25, 0.3) is 0 Å². The van der Waals surface area contributed by atoms with E-state index in [9.17, 15) is 9.90 Å². The van der Waals surface area contributed by atoms with Crippen molar-refractivity contribution in [3.63, 3.8) is 0 Å². The Bertz CT molecular complexity index is 464. The number of amides is 2. The molecular weight excluding hydrogens is 256 g/mol. The number of benzene rings is 1. The van der Waals surface area contributed by atoms with E-state index < -0.39 is 6.10 Å². The van der Waals surface area contributed by atoms with Crippen molar-refractivity contribution >= 4 is 11.7 Å². The van der Waals surface area contributed by atoms with Crippen LogP contribution >= 0.6 is 0 Å². The third-order valence-corrected chi connectivity index (χ3v) is 3.83. The minimum atomic E-state index is -0.426. The van der Waals surface area contributed by atoms with Gasteiger partial charge in [-0.25, -0.2) is 4.79 Å². The molecule has 20 heavy (non-hydrogen) atoms. The molecule has 0 spiro atoms. The fourth-order valence-corrected chi connectivity index (χ4v) is 2.61. The molecule has 1 aromatic rings. The third-order valence-electron chi connectivity index (χ3n) is 3.83. The summed E-state index contributed by atoms with van der Waals surface area (Å²) < 4.78 is 5.13. The van der Waals surface area contributed by atoms with Crippen LogP contribution in [0.2, 0.25) is 0 Å². The third kappa shape index (κ3) is 3.42. The van der Waals surface area contributed by atoms with E-state index in [0.29, 0.717) is 11.4 Å². The first-order valence-electron chi connectivity index (χ1n) is 6.97. The molecule has 0 aliphatic heterocycles. The van der Waals surface area contributed by atoms with Gasteiger partial charge in [0.1, 0.15) is 5.75 Å². The topological polar surface area (TPSA) is 61.8 Å². The number of urea groups is 1. The van der Waals surface area contributed by atoms with Crippen molar-refractivity contribution in [3.05, 3.63) is 24.3 Å². The van der Waals surface area contributed by atoms with Crippen LogP contribution in [0.5, 0.6) is 5.75 Å². The number of carbonyl (C=O) groups excluding carboxylic acids is 1. The van der Waals surface area contributed by atoms with Gasteiger partial charge in [-0.2, -0.15) is 0 Å². The highest BCUT2D eigenvalue weighted by molar-refractivity contribution is 5.89. The highest BCUT2D eigenvalue weighted by atomic mass is 16.5. The Morgan fingerprint density at radius 3 is 2.85 bits per heavy atom. The number of hydrogen-bond acceptors (Lipinski definition) is 3. The molecule has 2 N–H and O–H groups in total. The van der Waals surface area contributed by atoms with Gasteiger partial charge in [0.15, 0.2) is 0 Å². The standard InChI is InChI=1S/C15H22N2O3/c1-17(13-8-3-4-9-14(13)18)15(19)16-11-6-5-7-12(10-11)20-2/h5-7,10,13-14,18H,3-4,8-9H2,1-2H3,(H,16,19). The van der Waals surface area contributed by atoms with Gasteiger partial charge in [0.2, 0.25) is 0 Å². The number of nitrogens with one attached hydrogen (secondary N) is 1. The summed E-state index contributed by atoms with van der Waals surface area (Å²) in [5.74, 6) is 0.697. The molecule has 2 amide bonds. The summed E-state index contributed by atoms with van der Waals surface area (Å²) in [5.41, 5.74) is 0.687. The summed E-state index contributed by atoms with van der Waals surface area (Å²) in [7, 11) is 3.32. The van der Waals surface area contributed by atoms with Gasteiger partial charge in [0.25, 0.3) is 0 Å². The molecule has 0 heterocycles. The summed E-state index contributed by atoms with van der Waals surface area (Å²) in [6.07, 6.45) is 3.27. The Kier molecular flexibility index (Phi) is 4.84. The van der Waals surface area contributed by atoms with Crippen molar-refractivity contribution in [2.45, 2.75) is 37.8 Å². The number of methoxy groups -OCH3 is 1. The summed E-state index contributed by atoms with van der Waals surface area (Å²) in [6, 6.07) is 6.92. The van der Waals surface area contributed by atoms with Crippen LogP contribution in [0.15, 0.2) is 24.3 Å². The average Bonchev–Trinajstić information content (AvgIpc) is 2.47. The molecule has 1 aliphatic rings. The van der Waals surface area contributed by atoms with Gasteiger partial charge in [0.05, 0.1) is 19.3 Å². The van der Waals surface area contributed by atoms with Gasteiger partial charge in [-0.3, -0.25) is 0 Å². The fraction of sp³-hybridized carbons (Fsp3) is 0.533. The number of aliphatic hydroxyl groups excluding tert-OH is 1. The van der Waals surface area contributed by atoms with Gasteiger partial charge in [0, 0.05) is 18.8 Å². The van der Waals surface area contributed by atoms with Crippen molar-refractivity contribution in [1.29, 1.82) is 0 Å². The molecule has 0 aromatic heterocycles. The maximum absolute atomic E-state index is 12.2. The molecule has 1 aromatic carbocycles. The fourth-order valence-electron chi connectivity index (χ4n) is 2.61. The molecule has 1 fully saturated rings. The van der Waals surface area contributed by atoms with Crippen molar-refractivity contribution in [2.24, 2.45) is 0 Å². The second-order valence-corrected chi connectivity index (χ2v) is 5.19. The zero-order valence-corrected chi connectivity index (χ0v) is 12.0. The van der Waals surface area contributed by atoms with E-state index in [1.165, 1.54) is 0 Å². The first kappa shape index (κ1) is 14.7. The largest absolute Gasteiger partial charge is 0.497 e. The van der Waals surface area contributed by atoms with E-state index in [2.05, 4.69) is 5.32 Å². The van der Waals surface area contributed by atoms with E-state index >= 15 is 0 Å². The molecular formula is C15H22N2O3. The predicted molar refractivity (Wildman–Crippen MR) is 78.0 cm³/mol. The summed E-state index contributed by atoms with van der Waals surface area (Å²) in [6.45, 7) is 0. The van der Waals surface area contributed by atoms with Crippen LogP contribution in [0.3, 0.4) is 0 Å². The number of nitrogens with zero attached hydrogens (tertiary/aromatic N) is 1. The lowest BCUT2D eigenvalue weighted by atomic mass is 9.92. The second-order valence-electron chi connectivity index (χ2n) is 5.19. The SMILES string of the molecule is COc1cccc(NC(=O)N(C)C2CCCCC2O)c1. The Hall–Kier alpha value is -1.75. The van der Waals surface area contributed by atoms with E-state index in [-0.39, 0.29) is 12.1 Å². The van der Waals surface area contributed by atoms with Crippen LogP contribution in [0.4, 0.5) is 10.5 Å². The summed E-state index contributed by atoms with van der Waals surface area (Å²) >= 11 is 0. The van der Waals surface area contributed by atoms with Crippen LogP contribution in [-0.2, 0) is 0 Å². The number of ether oxygens (including phenoxy) is 1. The molecule has 0 radical (unpaired) electrons. The number of carbonyl (C=O) groups is 1. The van der Waals surface area contributed by atoms with Crippen molar-refractivity contribution in [2.75, 3.05) is 19.5 Å². The smallest absolute Gasteiger partial charge is 0.321 e. The number of likely N-dealkylation sites (N-methyl/N-ethyl adjacent to an activating group) is 1. The second kappa shape index (κ2) is 6.61. The predicted octanol–water partition coefficient (Wildman–Crippen LogP) is 2.46. The van der Waals surface area contributed by atoms with Crippen LogP contribution in [0.1, 0.15) is 25.7 Å². The van der Waals surface area contributed by atoms with Crippen molar-refractivity contribution < 1.29 is 14.6 Å². The Morgan fingerprint density at radius 2 is 2.15 bits per heavy atom. The molecule has 1 saturated carbocycles. The first-order chi connectivity index (χ1) is 9.61. The monoisotopic (exact) mass is 278 g/mol. The Balaban J connectivity index is 1.99. The van der Waals surface area contributed by atoms with Gasteiger partial charge < -0.3 is 20.1 Å². The molecule has 2 atom stereocenters. The minimum Gasteiger partial charge on any atom is -0.497 e. The van der Waals surface area contributed by atoms with Gasteiger partial charge >= 0.3 is 6.03 Å². The molecule has 0 bridgehead atoms. The van der Waals surface area contributed by atoms with Gasteiger partial charge in [-0.05, 0) is 25.0 Å². The van der Waals surface area contributed by atoms with Gasteiger partial charge in [-0.1, -0.05) is 18.9 Å². The number of aliphatic hydroxyl groups is 1. The molecule has 5 nitrogen and oxygen atoms in total. The van der Waals surface area contributed by atoms with Crippen molar-refractivity contribution in [1.82, 2.24) is 4.90 Å². The molecule has 5 heteroatoms. The highest BCUT2D eigenvalue weighted by Crippen LogP contribution is 2.23. The van der Waals surface area contributed by atoms with E-state index in [1.54, 1.807) is 25.1 Å². The molecule has 1 aliphatic carbocycles. The summed E-state index contributed by atoms with van der Waals surface area (Å²) in [5, 5.41) is 12.8. The zero-order valence-electron chi connectivity index (χ0n) is 12.0. The lowest BCUT2D eigenvalue weighted by Gasteiger charge is -2.35. The van der Waals surface area contributed by atoms with Crippen LogP contribution in [0, 0.1) is 0 Å². The lowest BCUT2D eigenvalue weighted by Crippen LogP contribution is -2.47. The molecule has 2 unspecified atom stereocenters. The quantitative estimate of drug-likeness (QED) is 0.893. The molecule has 2 rings (SSSR count). The Morgan fingerprint density at radius 1 is 1.40 bits per heavy atom.